The minimum atomic E-state index is 0. The Bertz CT molecular complexity index is 379. The number of aromatic nitrogens is 1. The summed E-state index contributed by atoms with van der Waals surface area (Å²) in [6.45, 7) is 5.09. The summed E-state index contributed by atoms with van der Waals surface area (Å²) in [5, 5.41) is 0. The van der Waals surface area contributed by atoms with Crippen LogP contribution in [-0.2, 0) is 6.54 Å². The Morgan fingerprint density at radius 1 is 1.47 bits per heavy atom. The molecule has 0 aliphatic carbocycles. The first kappa shape index (κ1) is 15.4. The van der Waals surface area contributed by atoms with Crippen molar-refractivity contribution in [2.45, 2.75) is 19.5 Å². The van der Waals surface area contributed by atoms with Crippen molar-refractivity contribution in [3.8, 4) is 0 Å². The number of hydrogen-bond acceptors (Lipinski definition) is 3. The van der Waals surface area contributed by atoms with Crippen LogP contribution in [0.4, 0.5) is 0 Å². The predicted octanol–water partition coefficient (Wildman–Crippen LogP) is 2.81. The van der Waals surface area contributed by atoms with Gasteiger partial charge in [0.05, 0.1) is 5.69 Å². The van der Waals surface area contributed by atoms with Gasteiger partial charge in [0.1, 0.15) is 0 Å². The van der Waals surface area contributed by atoms with Crippen molar-refractivity contribution >= 4 is 44.3 Å². The third kappa shape index (κ3) is 3.89. The molecule has 0 spiro atoms. The standard InChI is InChI=1S/C11H15Br2N3.ClH/c1-7-4-16(5-10(7)14)6-11-9(13)2-8(12)3-15-11;/h2-3,7,10H,4-6,14H2,1H3;1H. The second kappa shape index (κ2) is 6.48. The summed E-state index contributed by atoms with van der Waals surface area (Å²) in [6, 6.07) is 2.33. The van der Waals surface area contributed by atoms with Gasteiger partial charge in [0, 0.05) is 40.8 Å². The van der Waals surface area contributed by atoms with Crippen LogP contribution in [-0.4, -0.2) is 29.0 Å². The molecule has 0 aromatic carbocycles. The number of pyridine rings is 1. The predicted molar refractivity (Wildman–Crippen MR) is 79.3 cm³/mol. The lowest BCUT2D eigenvalue weighted by molar-refractivity contribution is 0.314. The quantitative estimate of drug-likeness (QED) is 0.851. The van der Waals surface area contributed by atoms with Gasteiger partial charge < -0.3 is 5.73 Å². The summed E-state index contributed by atoms with van der Waals surface area (Å²) in [5.74, 6) is 0.578. The summed E-state index contributed by atoms with van der Waals surface area (Å²) in [7, 11) is 0. The maximum atomic E-state index is 6.00. The molecule has 0 saturated carbocycles. The van der Waals surface area contributed by atoms with Crippen LogP contribution in [0.3, 0.4) is 0 Å². The Hall–Kier alpha value is 0.320. The van der Waals surface area contributed by atoms with Crippen molar-refractivity contribution in [3.05, 3.63) is 26.9 Å². The topological polar surface area (TPSA) is 42.2 Å². The molecule has 0 amide bonds. The zero-order valence-electron chi connectivity index (χ0n) is 9.57. The van der Waals surface area contributed by atoms with Gasteiger partial charge in [0.2, 0.25) is 0 Å². The molecule has 2 atom stereocenters. The van der Waals surface area contributed by atoms with Gasteiger partial charge in [-0.05, 0) is 43.8 Å². The molecule has 17 heavy (non-hydrogen) atoms. The van der Waals surface area contributed by atoms with Crippen LogP contribution in [0.2, 0.25) is 0 Å². The minimum absolute atomic E-state index is 0. The van der Waals surface area contributed by atoms with E-state index in [4.69, 9.17) is 5.73 Å². The zero-order chi connectivity index (χ0) is 11.7. The number of halogens is 3. The van der Waals surface area contributed by atoms with Crippen LogP contribution in [0.5, 0.6) is 0 Å². The van der Waals surface area contributed by atoms with E-state index in [1.807, 2.05) is 12.3 Å². The number of nitrogens with zero attached hydrogens (tertiary/aromatic N) is 2. The summed E-state index contributed by atoms with van der Waals surface area (Å²) < 4.78 is 2.05. The van der Waals surface area contributed by atoms with E-state index in [0.717, 1.165) is 34.3 Å². The Labute approximate surface area is 125 Å². The van der Waals surface area contributed by atoms with E-state index in [1.165, 1.54) is 0 Å². The molecule has 3 nitrogen and oxygen atoms in total. The van der Waals surface area contributed by atoms with Crippen molar-refractivity contribution in [3.63, 3.8) is 0 Å². The van der Waals surface area contributed by atoms with Gasteiger partial charge in [0.15, 0.2) is 0 Å². The SMILES string of the molecule is CC1CN(Cc2ncc(Br)cc2Br)CC1N.Cl. The molecule has 1 aliphatic rings. The van der Waals surface area contributed by atoms with E-state index in [0.29, 0.717) is 12.0 Å². The van der Waals surface area contributed by atoms with Crippen LogP contribution >= 0.6 is 44.3 Å². The smallest absolute Gasteiger partial charge is 0.0686 e. The number of hydrogen-bond donors (Lipinski definition) is 1. The highest BCUT2D eigenvalue weighted by atomic mass is 79.9. The third-order valence-corrected chi connectivity index (χ3v) is 4.12. The van der Waals surface area contributed by atoms with E-state index < -0.39 is 0 Å². The van der Waals surface area contributed by atoms with Crippen LogP contribution in [0.1, 0.15) is 12.6 Å². The normalized spacial score (nSPS) is 24.7. The first-order valence-electron chi connectivity index (χ1n) is 5.34. The zero-order valence-corrected chi connectivity index (χ0v) is 13.6. The highest BCUT2D eigenvalue weighted by Gasteiger charge is 2.26. The van der Waals surface area contributed by atoms with Crippen molar-refractivity contribution in [1.29, 1.82) is 0 Å². The van der Waals surface area contributed by atoms with Gasteiger partial charge in [-0.1, -0.05) is 6.92 Å². The molecule has 1 saturated heterocycles. The molecule has 2 heterocycles. The Morgan fingerprint density at radius 3 is 2.71 bits per heavy atom. The first-order valence-corrected chi connectivity index (χ1v) is 6.92. The minimum Gasteiger partial charge on any atom is -0.326 e. The summed E-state index contributed by atoms with van der Waals surface area (Å²) in [5.41, 5.74) is 7.08. The Morgan fingerprint density at radius 2 is 2.18 bits per heavy atom. The second-order valence-electron chi connectivity index (χ2n) is 4.42. The van der Waals surface area contributed by atoms with Crippen LogP contribution in [0.25, 0.3) is 0 Å². The lowest BCUT2D eigenvalue weighted by Crippen LogP contribution is -2.28. The molecule has 2 unspecified atom stereocenters. The Kier molecular flexibility index (Phi) is 5.86. The van der Waals surface area contributed by atoms with Crippen LogP contribution in [0.15, 0.2) is 21.2 Å². The van der Waals surface area contributed by atoms with Gasteiger partial charge in [-0.3, -0.25) is 9.88 Å². The van der Waals surface area contributed by atoms with E-state index in [2.05, 4.69) is 48.7 Å². The van der Waals surface area contributed by atoms with E-state index in [-0.39, 0.29) is 12.4 Å². The van der Waals surface area contributed by atoms with E-state index >= 15 is 0 Å². The summed E-state index contributed by atoms with van der Waals surface area (Å²) >= 11 is 6.94. The van der Waals surface area contributed by atoms with Crippen LogP contribution < -0.4 is 5.73 Å². The molecule has 0 radical (unpaired) electrons. The van der Waals surface area contributed by atoms with Gasteiger partial charge in [-0.15, -0.1) is 12.4 Å². The number of rotatable bonds is 2. The summed E-state index contributed by atoms with van der Waals surface area (Å²) in [6.07, 6.45) is 1.83. The first-order chi connectivity index (χ1) is 7.56. The van der Waals surface area contributed by atoms with Crippen molar-refractivity contribution in [2.75, 3.05) is 13.1 Å². The fraction of sp³-hybridized carbons (Fsp3) is 0.545. The molecule has 1 aromatic heterocycles. The van der Waals surface area contributed by atoms with Crippen molar-refractivity contribution < 1.29 is 0 Å². The Balaban J connectivity index is 0.00000144. The molecule has 2 N–H and O–H groups in total. The molecular formula is C11H16Br2ClN3. The van der Waals surface area contributed by atoms with Crippen LogP contribution in [0, 0.1) is 5.92 Å². The van der Waals surface area contributed by atoms with Gasteiger partial charge in [-0.2, -0.15) is 0 Å². The molecular weight excluding hydrogens is 369 g/mol. The molecule has 1 aliphatic heterocycles. The maximum absolute atomic E-state index is 6.00. The fourth-order valence-corrected chi connectivity index (χ4v) is 3.11. The molecule has 1 aromatic rings. The lowest BCUT2D eigenvalue weighted by atomic mass is 10.1. The van der Waals surface area contributed by atoms with Gasteiger partial charge >= 0.3 is 0 Å². The summed E-state index contributed by atoms with van der Waals surface area (Å²) in [4.78, 5) is 6.77. The van der Waals surface area contributed by atoms with Gasteiger partial charge in [-0.25, -0.2) is 0 Å². The largest absolute Gasteiger partial charge is 0.326 e. The fourth-order valence-electron chi connectivity index (χ4n) is 2.00. The maximum Gasteiger partial charge on any atom is 0.0686 e. The molecule has 6 heteroatoms. The number of likely N-dealkylation sites (tertiary alicyclic amines) is 1. The highest BCUT2D eigenvalue weighted by molar-refractivity contribution is 9.11. The second-order valence-corrected chi connectivity index (χ2v) is 6.19. The van der Waals surface area contributed by atoms with Crippen molar-refractivity contribution in [2.24, 2.45) is 11.7 Å². The third-order valence-electron chi connectivity index (χ3n) is 3.00. The average Bonchev–Trinajstić information content (AvgIpc) is 2.51. The lowest BCUT2D eigenvalue weighted by Gasteiger charge is -2.15. The van der Waals surface area contributed by atoms with E-state index in [9.17, 15) is 0 Å². The van der Waals surface area contributed by atoms with E-state index in [1.54, 1.807) is 0 Å². The monoisotopic (exact) mass is 383 g/mol. The molecule has 0 bridgehead atoms. The number of nitrogens with two attached hydrogens (primary N) is 1. The highest BCUT2D eigenvalue weighted by Crippen LogP contribution is 2.23. The van der Waals surface area contributed by atoms with Crippen molar-refractivity contribution in [1.82, 2.24) is 9.88 Å². The molecule has 96 valence electrons. The molecule has 1 fully saturated rings. The average molecular weight is 386 g/mol. The molecule has 2 rings (SSSR count). The van der Waals surface area contributed by atoms with Gasteiger partial charge in [0.25, 0.3) is 0 Å².